The van der Waals surface area contributed by atoms with Crippen LogP contribution in [0.4, 0.5) is 17.6 Å². The molecular formula is C68H57BrF4N6O10. The number of aromatic nitrogens is 4. The molecule has 0 radical (unpaired) electrons. The van der Waals surface area contributed by atoms with E-state index >= 15 is 8.78 Å². The van der Waals surface area contributed by atoms with Crippen molar-refractivity contribution in [3.05, 3.63) is 213 Å². The van der Waals surface area contributed by atoms with Crippen LogP contribution in [0.1, 0.15) is 35.1 Å². The Morgan fingerprint density at radius 3 is 1.53 bits per heavy atom. The first-order chi connectivity index (χ1) is 43.3. The predicted octanol–water partition coefficient (Wildman–Crippen LogP) is 11.8. The van der Waals surface area contributed by atoms with Gasteiger partial charge in [-0.25, -0.2) is 27.5 Å². The van der Waals surface area contributed by atoms with Gasteiger partial charge in [0, 0.05) is 94.1 Å². The lowest BCUT2D eigenvalue weighted by molar-refractivity contribution is -0.120. The van der Waals surface area contributed by atoms with Gasteiger partial charge in [0.2, 0.25) is 11.8 Å². The number of benzene rings is 4. The molecule has 4 aromatic heterocycles. The molecule has 6 heterocycles. The van der Waals surface area contributed by atoms with E-state index < -0.39 is 46.4 Å². The fourth-order valence-electron chi connectivity index (χ4n) is 10.4. The summed E-state index contributed by atoms with van der Waals surface area (Å²) >= 11 is 3.54. The second-order valence-corrected chi connectivity index (χ2v) is 21.7. The second kappa shape index (κ2) is 28.8. The molecule has 21 heteroatoms. The molecule has 0 atom stereocenters. The van der Waals surface area contributed by atoms with Gasteiger partial charge in [0.1, 0.15) is 40.8 Å². The molecule has 0 spiro atoms. The summed E-state index contributed by atoms with van der Waals surface area (Å²) in [5.74, 6) is -2.43. The highest BCUT2D eigenvalue weighted by atomic mass is 79.9. The van der Waals surface area contributed by atoms with Gasteiger partial charge in [-0.2, -0.15) is 0 Å². The van der Waals surface area contributed by atoms with Crippen molar-refractivity contribution in [2.45, 2.75) is 25.7 Å². The largest absolute Gasteiger partial charge is 0.476 e. The predicted molar refractivity (Wildman–Crippen MR) is 327 cm³/mol. The molecule has 16 nitrogen and oxygen atoms in total. The van der Waals surface area contributed by atoms with Gasteiger partial charge < -0.3 is 28.4 Å². The number of nitrogens with zero attached hydrogens (tertiary/aromatic N) is 6. The fourth-order valence-corrected chi connectivity index (χ4v) is 10.9. The molecule has 0 unspecified atom stereocenters. The van der Waals surface area contributed by atoms with E-state index in [0.717, 1.165) is 52.5 Å². The SMILES string of the molecule is O=C(Cc1ccc(Oc2ccnc3c(Br)c(OCCN4CCOCC4)ncc23)c(F)c1)C1=CCC=C(c2ccc(F)cc2)C1=O.O=C(Cc1ccc(Oc2ccnc3cc(OCCN4CCOCC4)ncc23)c(F)c1)C1=CCC=C(c2ccc(F)cc2)C1=O. The average molecular weight is 1270 g/mol. The summed E-state index contributed by atoms with van der Waals surface area (Å²) < 4.78 is 91.9. The molecule has 2 aliphatic heterocycles. The maximum Gasteiger partial charge on any atom is 0.230 e. The van der Waals surface area contributed by atoms with E-state index in [-0.39, 0.29) is 35.5 Å². The summed E-state index contributed by atoms with van der Waals surface area (Å²) in [6, 6.07) is 24.5. The highest BCUT2D eigenvalue weighted by Gasteiger charge is 2.28. The number of halogens is 5. The van der Waals surface area contributed by atoms with Gasteiger partial charge in [-0.1, -0.05) is 60.7 Å². The third-order valence-corrected chi connectivity index (χ3v) is 15.8. The molecule has 12 rings (SSSR count). The van der Waals surface area contributed by atoms with Gasteiger partial charge in [-0.05, 0) is 112 Å². The number of rotatable bonds is 20. The van der Waals surface area contributed by atoms with Gasteiger partial charge in [0.25, 0.3) is 0 Å². The van der Waals surface area contributed by atoms with Crippen molar-refractivity contribution in [3.8, 4) is 34.8 Å². The number of fused-ring (bicyclic) bond motifs is 2. The van der Waals surface area contributed by atoms with Crippen LogP contribution in [0.15, 0.2) is 168 Å². The van der Waals surface area contributed by atoms with E-state index in [2.05, 4.69) is 45.7 Å². The van der Waals surface area contributed by atoms with Gasteiger partial charge in [0.05, 0.1) is 59.4 Å². The maximum atomic E-state index is 15.2. The van der Waals surface area contributed by atoms with E-state index in [1.54, 1.807) is 79.4 Å². The zero-order valence-corrected chi connectivity index (χ0v) is 49.5. The van der Waals surface area contributed by atoms with Crippen LogP contribution in [-0.2, 0) is 41.5 Å². The van der Waals surface area contributed by atoms with Crippen LogP contribution in [-0.4, -0.2) is 132 Å². The summed E-state index contributed by atoms with van der Waals surface area (Å²) in [4.78, 5) is 74.4. The number of hydrogen-bond acceptors (Lipinski definition) is 16. The molecule has 2 saturated heterocycles. The number of carbonyl (C=O) groups is 4. The van der Waals surface area contributed by atoms with E-state index in [0.29, 0.717) is 122 Å². The molecule has 2 fully saturated rings. The van der Waals surface area contributed by atoms with Gasteiger partial charge in [0.15, 0.2) is 46.3 Å². The molecule has 8 aromatic rings. The van der Waals surface area contributed by atoms with Crippen molar-refractivity contribution in [2.24, 2.45) is 0 Å². The molecule has 0 bridgehead atoms. The summed E-state index contributed by atoms with van der Waals surface area (Å²) in [6.07, 6.45) is 13.2. The number of carbonyl (C=O) groups excluding carboxylic acids is 4. The molecule has 4 aliphatic rings. The van der Waals surface area contributed by atoms with Crippen LogP contribution in [0.2, 0.25) is 0 Å². The van der Waals surface area contributed by atoms with E-state index in [4.69, 9.17) is 28.4 Å². The minimum Gasteiger partial charge on any atom is -0.476 e. The van der Waals surface area contributed by atoms with Crippen LogP contribution in [0.25, 0.3) is 33.0 Å². The quantitative estimate of drug-likeness (QED) is 0.0518. The van der Waals surface area contributed by atoms with E-state index in [1.807, 2.05) is 0 Å². The average Bonchev–Trinajstić information content (AvgIpc) is 3.69. The standard InChI is InChI=1S/C34H28BrF2N3O5.C34H29F2N3O5/c35-31-32-26(20-39-34(31)44-17-14-40-12-15-43-16-13-40)29(10-11-38-32)45-30-9-4-21(18-27(30)37)19-28(41)25-3-1-2-24(33(25)42)22-5-7-23(36)8-6-22;35-24-7-5-23(6-8-24)25-2-1-3-26(34(25)41)30(40)19-22-4-9-32(28(36)18-22)44-31-10-11-37-29-20-33(38-21-27(29)31)43-17-14-39-12-15-42-16-13-39/h2-11,18,20H,1,12-17,19H2;2-11,18,20-21H,1,12-17,19H2. The smallest absolute Gasteiger partial charge is 0.230 e. The summed E-state index contributed by atoms with van der Waals surface area (Å²) in [5, 5.41) is 1.13. The Kier molecular flexibility index (Phi) is 19.9. The Hall–Kier alpha value is -9.12. The van der Waals surface area contributed by atoms with E-state index in [9.17, 15) is 28.0 Å². The maximum absolute atomic E-state index is 15.2. The number of Topliss-reactive ketones (excluding diaryl/α,β-unsaturated/α-hetero) is 4. The van der Waals surface area contributed by atoms with Crippen molar-refractivity contribution in [1.82, 2.24) is 29.7 Å². The highest BCUT2D eigenvalue weighted by Crippen LogP contribution is 2.38. The lowest BCUT2D eigenvalue weighted by Gasteiger charge is -2.26. The molecule has 89 heavy (non-hydrogen) atoms. The number of morpholine rings is 2. The third-order valence-electron chi connectivity index (χ3n) is 15.1. The Labute approximate surface area is 517 Å². The summed E-state index contributed by atoms with van der Waals surface area (Å²) in [6.45, 7) is 8.78. The van der Waals surface area contributed by atoms with Crippen molar-refractivity contribution in [1.29, 1.82) is 0 Å². The monoisotopic (exact) mass is 1270 g/mol. The van der Waals surface area contributed by atoms with Gasteiger partial charge >= 0.3 is 0 Å². The van der Waals surface area contributed by atoms with Crippen molar-refractivity contribution < 1.29 is 65.2 Å². The van der Waals surface area contributed by atoms with Gasteiger partial charge in [-0.3, -0.25) is 38.9 Å². The number of pyridine rings is 4. The first-order valence-electron chi connectivity index (χ1n) is 28.8. The number of allylic oxidation sites excluding steroid dienone is 8. The summed E-state index contributed by atoms with van der Waals surface area (Å²) in [5.41, 5.74) is 3.73. The Morgan fingerprint density at radius 2 is 1.01 bits per heavy atom. The van der Waals surface area contributed by atoms with Crippen molar-refractivity contribution in [2.75, 3.05) is 78.9 Å². The molecule has 0 saturated carbocycles. The number of hydrogen-bond donors (Lipinski definition) is 0. The summed E-state index contributed by atoms with van der Waals surface area (Å²) in [7, 11) is 0. The number of ketones is 4. The molecular weight excluding hydrogens is 1220 g/mol. The third kappa shape index (κ3) is 15.2. The lowest BCUT2D eigenvalue weighted by Crippen LogP contribution is -2.38. The normalized spacial score (nSPS) is 15.5. The Bertz CT molecular complexity index is 4110. The Morgan fingerprint density at radius 1 is 0.528 bits per heavy atom. The van der Waals surface area contributed by atoms with Crippen LogP contribution in [0.3, 0.4) is 0 Å². The molecule has 0 N–H and O–H groups in total. The molecule has 0 amide bonds. The van der Waals surface area contributed by atoms with Crippen molar-refractivity contribution >= 4 is 72.0 Å². The van der Waals surface area contributed by atoms with Crippen LogP contribution in [0, 0.1) is 23.3 Å². The molecule has 454 valence electrons. The van der Waals surface area contributed by atoms with Crippen LogP contribution in [0.5, 0.6) is 34.8 Å². The minimum atomic E-state index is -0.670. The van der Waals surface area contributed by atoms with Gasteiger partial charge in [-0.15, -0.1) is 0 Å². The first-order valence-corrected chi connectivity index (χ1v) is 29.6. The van der Waals surface area contributed by atoms with Crippen molar-refractivity contribution in [3.63, 3.8) is 0 Å². The minimum absolute atomic E-state index is 0.0309. The van der Waals surface area contributed by atoms with Crippen LogP contribution < -0.4 is 18.9 Å². The zero-order valence-electron chi connectivity index (χ0n) is 47.9. The molecule has 4 aromatic carbocycles. The number of ether oxygens (including phenoxy) is 6. The van der Waals surface area contributed by atoms with Crippen LogP contribution >= 0.6 is 15.9 Å². The second-order valence-electron chi connectivity index (χ2n) is 21.0. The lowest BCUT2D eigenvalue weighted by atomic mass is 9.88. The van der Waals surface area contributed by atoms with E-state index in [1.165, 1.54) is 72.8 Å². The Balaban J connectivity index is 0.000000184. The molecule has 2 aliphatic carbocycles. The first kappa shape index (κ1) is 61.5. The zero-order chi connectivity index (χ0) is 61.8. The highest BCUT2D eigenvalue weighted by molar-refractivity contribution is 9.10. The fraction of sp³-hybridized carbons (Fsp3) is 0.235. The topological polar surface area (TPSA) is 182 Å².